The largest absolute Gasteiger partial charge is 0.397 e. The van der Waals surface area contributed by atoms with Gasteiger partial charge in [-0.15, -0.1) is 0 Å². The number of nitrogens with zero attached hydrogens (tertiary/aromatic N) is 1. The average Bonchev–Trinajstić information content (AvgIpc) is 2.41. The van der Waals surface area contributed by atoms with Crippen LogP contribution in [-0.2, 0) is 4.79 Å². The quantitative estimate of drug-likeness (QED) is 0.832. The number of carbonyl (C=O) groups is 1. The molecule has 1 aliphatic heterocycles. The number of hydrogen-bond acceptors (Lipinski definition) is 3. The summed E-state index contributed by atoms with van der Waals surface area (Å²) in [5.41, 5.74) is 6.68. The van der Waals surface area contributed by atoms with Crippen LogP contribution in [0.4, 0.5) is 11.4 Å². The molecular formula is C15H21Cl2N3O. The van der Waals surface area contributed by atoms with Gasteiger partial charge in [-0.2, -0.15) is 0 Å². The zero-order chi connectivity index (χ0) is 15.6. The van der Waals surface area contributed by atoms with E-state index in [1.807, 2.05) is 6.92 Å². The number of benzene rings is 1. The molecule has 6 heteroatoms. The summed E-state index contributed by atoms with van der Waals surface area (Å²) in [6.45, 7) is 6.01. The number of rotatable bonds is 3. The summed E-state index contributed by atoms with van der Waals surface area (Å²) >= 11 is 12.0. The van der Waals surface area contributed by atoms with Crippen LogP contribution >= 0.6 is 23.2 Å². The van der Waals surface area contributed by atoms with Crippen LogP contribution in [0.1, 0.15) is 26.7 Å². The van der Waals surface area contributed by atoms with E-state index in [2.05, 4.69) is 17.1 Å². The molecule has 1 aliphatic rings. The number of hydrogen-bond donors (Lipinski definition) is 2. The number of piperidine rings is 1. The molecule has 1 aromatic rings. The SMILES string of the molecule is CC1CCCN(C(C)C(=O)Nc2c(N)cc(Cl)cc2Cl)C1. The van der Waals surface area contributed by atoms with Crippen molar-refractivity contribution in [1.82, 2.24) is 4.90 Å². The maximum absolute atomic E-state index is 12.4. The fourth-order valence-corrected chi connectivity index (χ4v) is 3.25. The fraction of sp³-hybridized carbons (Fsp3) is 0.533. The molecule has 0 radical (unpaired) electrons. The minimum absolute atomic E-state index is 0.0972. The van der Waals surface area contributed by atoms with Gasteiger partial charge in [-0.05, 0) is 44.4 Å². The van der Waals surface area contributed by atoms with Crippen molar-refractivity contribution in [1.29, 1.82) is 0 Å². The van der Waals surface area contributed by atoms with Crippen LogP contribution < -0.4 is 11.1 Å². The van der Waals surface area contributed by atoms with Crippen molar-refractivity contribution in [3.63, 3.8) is 0 Å². The number of nitrogens with two attached hydrogens (primary N) is 1. The Bertz CT molecular complexity index is 513. The standard InChI is InChI=1S/C15H21Cl2N3O/c1-9-4-3-5-20(8-9)10(2)15(21)19-14-12(17)6-11(16)7-13(14)18/h6-7,9-10H,3-5,8,18H2,1-2H3,(H,19,21). The van der Waals surface area contributed by atoms with Crippen molar-refractivity contribution in [2.75, 3.05) is 24.1 Å². The molecule has 116 valence electrons. The zero-order valence-electron chi connectivity index (χ0n) is 12.3. The van der Waals surface area contributed by atoms with E-state index in [1.54, 1.807) is 12.1 Å². The van der Waals surface area contributed by atoms with Gasteiger partial charge in [0, 0.05) is 11.6 Å². The number of carbonyl (C=O) groups excluding carboxylic acids is 1. The molecule has 2 rings (SSSR count). The maximum atomic E-state index is 12.4. The Kier molecular flexibility index (Phi) is 5.36. The summed E-state index contributed by atoms with van der Waals surface area (Å²) in [5, 5.41) is 3.63. The fourth-order valence-electron chi connectivity index (χ4n) is 2.70. The first kappa shape index (κ1) is 16.4. The molecule has 0 aromatic heterocycles. The third-order valence-electron chi connectivity index (χ3n) is 3.95. The van der Waals surface area contributed by atoms with Gasteiger partial charge in [-0.25, -0.2) is 0 Å². The number of amides is 1. The van der Waals surface area contributed by atoms with Gasteiger partial charge in [-0.1, -0.05) is 30.1 Å². The summed E-state index contributed by atoms with van der Waals surface area (Å²) in [5.74, 6) is 0.526. The van der Waals surface area contributed by atoms with Crippen molar-refractivity contribution in [3.8, 4) is 0 Å². The molecule has 1 aromatic carbocycles. The van der Waals surface area contributed by atoms with Gasteiger partial charge in [0.2, 0.25) is 5.91 Å². The molecule has 2 atom stereocenters. The van der Waals surface area contributed by atoms with Crippen LogP contribution in [0.25, 0.3) is 0 Å². The minimum atomic E-state index is -0.209. The molecule has 4 nitrogen and oxygen atoms in total. The van der Waals surface area contributed by atoms with Crippen LogP contribution in [0.15, 0.2) is 12.1 Å². The smallest absolute Gasteiger partial charge is 0.241 e. The number of anilines is 2. The highest BCUT2D eigenvalue weighted by atomic mass is 35.5. The molecule has 1 heterocycles. The molecule has 2 unspecified atom stereocenters. The second kappa shape index (κ2) is 6.86. The van der Waals surface area contributed by atoms with Crippen LogP contribution in [-0.4, -0.2) is 29.9 Å². The molecule has 1 fully saturated rings. The van der Waals surface area contributed by atoms with E-state index >= 15 is 0 Å². The maximum Gasteiger partial charge on any atom is 0.241 e. The van der Waals surface area contributed by atoms with Crippen molar-refractivity contribution in [2.45, 2.75) is 32.7 Å². The van der Waals surface area contributed by atoms with E-state index in [-0.39, 0.29) is 11.9 Å². The summed E-state index contributed by atoms with van der Waals surface area (Å²) in [7, 11) is 0. The predicted molar refractivity (Wildman–Crippen MR) is 88.9 cm³/mol. The molecule has 3 N–H and O–H groups in total. The number of nitrogens with one attached hydrogen (secondary N) is 1. The van der Waals surface area contributed by atoms with E-state index in [0.29, 0.717) is 27.3 Å². The lowest BCUT2D eigenvalue weighted by Gasteiger charge is -2.34. The van der Waals surface area contributed by atoms with E-state index in [0.717, 1.165) is 19.5 Å². The van der Waals surface area contributed by atoms with Crippen LogP contribution in [0.3, 0.4) is 0 Å². The third kappa shape index (κ3) is 4.02. The highest BCUT2D eigenvalue weighted by molar-refractivity contribution is 6.37. The van der Waals surface area contributed by atoms with Crippen molar-refractivity contribution in [2.24, 2.45) is 5.92 Å². The molecule has 21 heavy (non-hydrogen) atoms. The minimum Gasteiger partial charge on any atom is -0.397 e. The van der Waals surface area contributed by atoms with E-state index in [9.17, 15) is 4.79 Å². The Morgan fingerprint density at radius 3 is 2.81 bits per heavy atom. The Labute approximate surface area is 135 Å². The molecule has 0 saturated carbocycles. The van der Waals surface area contributed by atoms with Gasteiger partial charge >= 0.3 is 0 Å². The van der Waals surface area contributed by atoms with Gasteiger partial charge in [-0.3, -0.25) is 9.69 Å². The first-order chi connectivity index (χ1) is 9.88. The second-order valence-corrected chi connectivity index (χ2v) is 6.60. The van der Waals surface area contributed by atoms with Gasteiger partial charge < -0.3 is 11.1 Å². The van der Waals surface area contributed by atoms with E-state index < -0.39 is 0 Å². The number of likely N-dealkylation sites (tertiary alicyclic amines) is 1. The lowest BCUT2D eigenvalue weighted by atomic mass is 9.99. The Morgan fingerprint density at radius 2 is 2.19 bits per heavy atom. The first-order valence-corrected chi connectivity index (χ1v) is 7.93. The second-order valence-electron chi connectivity index (χ2n) is 5.76. The summed E-state index contributed by atoms with van der Waals surface area (Å²) in [6.07, 6.45) is 2.35. The topological polar surface area (TPSA) is 58.4 Å². The average molecular weight is 330 g/mol. The zero-order valence-corrected chi connectivity index (χ0v) is 13.8. The lowest BCUT2D eigenvalue weighted by Crippen LogP contribution is -2.46. The summed E-state index contributed by atoms with van der Waals surface area (Å²) in [6, 6.07) is 2.94. The molecule has 0 aliphatic carbocycles. The summed E-state index contributed by atoms with van der Waals surface area (Å²) < 4.78 is 0. The van der Waals surface area contributed by atoms with Crippen molar-refractivity contribution >= 4 is 40.5 Å². The third-order valence-corrected chi connectivity index (χ3v) is 4.47. The van der Waals surface area contributed by atoms with Crippen molar-refractivity contribution in [3.05, 3.63) is 22.2 Å². The van der Waals surface area contributed by atoms with E-state index in [1.165, 1.54) is 6.42 Å². The lowest BCUT2D eigenvalue weighted by molar-refractivity contribution is -0.121. The Balaban J connectivity index is 2.07. The molecule has 1 saturated heterocycles. The molecule has 1 amide bonds. The highest BCUT2D eigenvalue weighted by Crippen LogP contribution is 2.32. The van der Waals surface area contributed by atoms with Gasteiger partial charge in [0.05, 0.1) is 22.4 Å². The van der Waals surface area contributed by atoms with Crippen LogP contribution in [0.5, 0.6) is 0 Å². The normalized spacial score (nSPS) is 21.0. The van der Waals surface area contributed by atoms with E-state index in [4.69, 9.17) is 28.9 Å². The van der Waals surface area contributed by atoms with Gasteiger partial charge in [0.1, 0.15) is 0 Å². The van der Waals surface area contributed by atoms with Gasteiger partial charge in [0.15, 0.2) is 0 Å². The van der Waals surface area contributed by atoms with Crippen molar-refractivity contribution < 1.29 is 4.79 Å². The number of nitrogen functional groups attached to an aromatic ring is 1. The number of halogens is 2. The highest BCUT2D eigenvalue weighted by Gasteiger charge is 2.26. The Hall–Kier alpha value is -0.970. The Morgan fingerprint density at radius 1 is 1.48 bits per heavy atom. The van der Waals surface area contributed by atoms with Crippen LogP contribution in [0.2, 0.25) is 10.0 Å². The van der Waals surface area contributed by atoms with Gasteiger partial charge in [0.25, 0.3) is 0 Å². The summed E-state index contributed by atoms with van der Waals surface area (Å²) in [4.78, 5) is 14.6. The monoisotopic (exact) mass is 329 g/mol. The molecule has 0 spiro atoms. The molecule has 0 bridgehead atoms. The first-order valence-electron chi connectivity index (χ1n) is 7.18. The van der Waals surface area contributed by atoms with Crippen LogP contribution in [0, 0.1) is 5.92 Å². The molecular weight excluding hydrogens is 309 g/mol. The predicted octanol–water partition coefficient (Wildman–Crippen LogP) is 3.63.